The normalized spacial score (nSPS) is 23.6. The minimum absolute atomic E-state index is 0.197. The number of nitrogens with zero attached hydrogens (tertiary/aromatic N) is 1. The number of likely N-dealkylation sites (N-methyl/N-ethyl adjacent to an activating group) is 2. The van der Waals surface area contributed by atoms with Crippen molar-refractivity contribution in [3.8, 4) is 0 Å². The van der Waals surface area contributed by atoms with Crippen LogP contribution in [0, 0.1) is 11.3 Å². The quantitative estimate of drug-likeness (QED) is 0.840. The summed E-state index contributed by atoms with van der Waals surface area (Å²) in [7, 11) is 3.95. The number of hydrogen-bond donors (Lipinski definition) is 2. The topological polar surface area (TPSA) is 39.1 Å². The van der Waals surface area contributed by atoms with Crippen LogP contribution in [0.25, 0.3) is 6.08 Å². The molecule has 22 heavy (non-hydrogen) atoms. The number of hydrogen-bond acceptors (Lipinski definition) is 2. The number of rotatable bonds is 3. The minimum Gasteiger partial charge on any atom is -0.358 e. The summed E-state index contributed by atoms with van der Waals surface area (Å²) in [6.07, 6.45) is 8.41. The molecule has 116 valence electrons. The number of nitrogens with one attached hydrogen (secondary N) is 2. The van der Waals surface area contributed by atoms with Crippen LogP contribution in [-0.2, 0) is 0 Å². The van der Waals surface area contributed by atoms with E-state index in [-0.39, 0.29) is 12.0 Å². The summed E-state index contributed by atoms with van der Waals surface area (Å²) in [5.41, 5.74) is 3.13. The summed E-state index contributed by atoms with van der Waals surface area (Å²) in [4.78, 5) is 2.00. The van der Waals surface area contributed by atoms with E-state index in [1.165, 1.54) is 0 Å². The molecule has 0 saturated carbocycles. The van der Waals surface area contributed by atoms with E-state index in [9.17, 15) is 0 Å². The van der Waals surface area contributed by atoms with Crippen LogP contribution in [-0.4, -0.2) is 37.4 Å². The van der Waals surface area contributed by atoms with Crippen molar-refractivity contribution in [3.05, 3.63) is 65.8 Å². The third-order valence-corrected chi connectivity index (χ3v) is 4.16. The molecule has 1 aliphatic rings. The Kier molecular flexibility index (Phi) is 5.34. The SMILES string of the molecule is C=C(/C=C\C)C1/C=C/c2ccccc2C(=N)N(C)CC1NC. The Hall–Kier alpha value is -2.13. The molecule has 0 amide bonds. The zero-order valence-electron chi connectivity index (χ0n) is 13.6. The predicted octanol–water partition coefficient (Wildman–Crippen LogP) is 3.31. The summed E-state index contributed by atoms with van der Waals surface area (Å²) in [6.45, 7) is 6.99. The monoisotopic (exact) mass is 295 g/mol. The van der Waals surface area contributed by atoms with Crippen molar-refractivity contribution >= 4 is 11.9 Å². The molecule has 2 unspecified atom stereocenters. The van der Waals surface area contributed by atoms with Gasteiger partial charge in [0.1, 0.15) is 5.84 Å². The molecule has 2 rings (SSSR count). The van der Waals surface area contributed by atoms with Crippen LogP contribution in [0.2, 0.25) is 0 Å². The van der Waals surface area contributed by atoms with Gasteiger partial charge in [0.25, 0.3) is 0 Å². The Morgan fingerprint density at radius 1 is 1.41 bits per heavy atom. The highest BCUT2D eigenvalue weighted by Crippen LogP contribution is 2.23. The number of benzene rings is 1. The molecule has 0 aliphatic carbocycles. The fourth-order valence-corrected chi connectivity index (χ4v) is 2.88. The third-order valence-electron chi connectivity index (χ3n) is 4.16. The van der Waals surface area contributed by atoms with Gasteiger partial charge in [0.05, 0.1) is 0 Å². The Bertz CT molecular complexity index is 613. The average molecular weight is 295 g/mol. The van der Waals surface area contributed by atoms with Crippen molar-refractivity contribution < 1.29 is 0 Å². The maximum Gasteiger partial charge on any atom is 0.128 e. The van der Waals surface area contributed by atoms with Gasteiger partial charge < -0.3 is 10.2 Å². The summed E-state index contributed by atoms with van der Waals surface area (Å²) < 4.78 is 0. The first kappa shape index (κ1) is 16.2. The zero-order chi connectivity index (χ0) is 16.1. The summed E-state index contributed by atoms with van der Waals surface area (Å²) in [5, 5.41) is 11.8. The van der Waals surface area contributed by atoms with Crippen LogP contribution in [0.4, 0.5) is 0 Å². The molecule has 1 aromatic carbocycles. The standard InChI is InChI=1S/C19H25N3/c1-5-8-14(2)16-12-11-15-9-6-7-10-17(15)19(20)22(4)13-18(16)21-3/h5-12,16,18,20-21H,2,13H2,1,3-4H3/b8-5-,12-11+,20-19?. The minimum atomic E-state index is 0.197. The largest absolute Gasteiger partial charge is 0.358 e. The molecule has 1 heterocycles. The second-order valence-electron chi connectivity index (χ2n) is 5.67. The van der Waals surface area contributed by atoms with Gasteiger partial charge >= 0.3 is 0 Å². The summed E-state index contributed by atoms with van der Waals surface area (Å²) in [6, 6.07) is 8.27. The van der Waals surface area contributed by atoms with Gasteiger partial charge in [-0.05, 0) is 25.1 Å². The predicted molar refractivity (Wildman–Crippen MR) is 95.2 cm³/mol. The Labute approximate surface area is 133 Å². The molecule has 0 aromatic heterocycles. The van der Waals surface area contributed by atoms with Crippen molar-refractivity contribution in [3.63, 3.8) is 0 Å². The van der Waals surface area contributed by atoms with Gasteiger partial charge in [0.2, 0.25) is 0 Å². The first-order valence-corrected chi connectivity index (χ1v) is 7.64. The second kappa shape index (κ2) is 7.23. The van der Waals surface area contributed by atoms with E-state index in [1.807, 2.05) is 50.2 Å². The molecular formula is C19H25N3. The van der Waals surface area contributed by atoms with Gasteiger partial charge in [-0.3, -0.25) is 5.41 Å². The van der Waals surface area contributed by atoms with Crippen LogP contribution in [0.5, 0.6) is 0 Å². The summed E-state index contributed by atoms with van der Waals surface area (Å²) in [5.74, 6) is 0.750. The molecule has 0 bridgehead atoms. The highest BCUT2D eigenvalue weighted by Gasteiger charge is 2.24. The van der Waals surface area contributed by atoms with Crippen LogP contribution in [0.3, 0.4) is 0 Å². The van der Waals surface area contributed by atoms with Gasteiger partial charge in [0.15, 0.2) is 0 Å². The lowest BCUT2D eigenvalue weighted by molar-refractivity contribution is 0.373. The second-order valence-corrected chi connectivity index (χ2v) is 5.67. The molecule has 0 saturated heterocycles. The number of fused-ring (bicyclic) bond motifs is 1. The molecule has 1 aliphatic heterocycles. The lowest BCUT2D eigenvalue weighted by Gasteiger charge is -2.30. The smallest absolute Gasteiger partial charge is 0.128 e. The summed E-state index contributed by atoms with van der Waals surface area (Å²) >= 11 is 0. The maximum absolute atomic E-state index is 8.46. The van der Waals surface area contributed by atoms with Crippen molar-refractivity contribution in [1.82, 2.24) is 10.2 Å². The van der Waals surface area contributed by atoms with Gasteiger partial charge in [-0.15, -0.1) is 0 Å². The average Bonchev–Trinajstić information content (AvgIpc) is 2.57. The molecule has 3 nitrogen and oxygen atoms in total. The Morgan fingerprint density at radius 2 is 2.14 bits per heavy atom. The maximum atomic E-state index is 8.46. The van der Waals surface area contributed by atoms with Crippen molar-refractivity contribution in [2.45, 2.75) is 13.0 Å². The van der Waals surface area contributed by atoms with Crippen molar-refractivity contribution in [2.75, 3.05) is 20.6 Å². The molecule has 3 heteroatoms. The fraction of sp³-hybridized carbons (Fsp3) is 0.316. The van der Waals surface area contributed by atoms with Gasteiger partial charge in [-0.2, -0.15) is 0 Å². The molecule has 1 aromatic rings. The van der Waals surface area contributed by atoms with Gasteiger partial charge in [-0.1, -0.05) is 55.1 Å². The van der Waals surface area contributed by atoms with E-state index >= 15 is 0 Å². The van der Waals surface area contributed by atoms with Crippen LogP contribution < -0.4 is 5.32 Å². The van der Waals surface area contributed by atoms with E-state index in [0.717, 1.165) is 23.2 Å². The van der Waals surface area contributed by atoms with E-state index in [2.05, 4.69) is 36.2 Å². The lowest BCUT2D eigenvalue weighted by Crippen LogP contribution is -2.44. The molecule has 2 N–H and O–H groups in total. The molecule has 0 radical (unpaired) electrons. The van der Waals surface area contributed by atoms with Gasteiger partial charge in [0, 0.05) is 31.1 Å². The molecule has 2 atom stereocenters. The van der Waals surface area contributed by atoms with E-state index in [0.29, 0.717) is 5.84 Å². The van der Waals surface area contributed by atoms with Crippen molar-refractivity contribution in [2.24, 2.45) is 5.92 Å². The van der Waals surface area contributed by atoms with Crippen LogP contribution >= 0.6 is 0 Å². The van der Waals surface area contributed by atoms with Gasteiger partial charge in [-0.25, -0.2) is 0 Å². The first-order chi connectivity index (χ1) is 10.6. The van der Waals surface area contributed by atoms with E-state index < -0.39 is 0 Å². The third kappa shape index (κ3) is 3.37. The lowest BCUT2D eigenvalue weighted by atomic mass is 9.90. The van der Waals surface area contributed by atoms with Crippen LogP contribution in [0.15, 0.2) is 54.6 Å². The van der Waals surface area contributed by atoms with Crippen molar-refractivity contribution in [1.29, 1.82) is 5.41 Å². The fourth-order valence-electron chi connectivity index (χ4n) is 2.88. The first-order valence-electron chi connectivity index (χ1n) is 7.64. The zero-order valence-corrected chi connectivity index (χ0v) is 13.6. The van der Waals surface area contributed by atoms with E-state index in [1.54, 1.807) is 0 Å². The molecule has 0 spiro atoms. The highest BCUT2D eigenvalue weighted by molar-refractivity contribution is 5.99. The number of amidine groups is 1. The number of allylic oxidation sites excluding steroid dienone is 2. The van der Waals surface area contributed by atoms with Crippen LogP contribution in [0.1, 0.15) is 18.1 Å². The molecular weight excluding hydrogens is 270 g/mol. The van der Waals surface area contributed by atoms with E-state index in [4.69, 9.17) is 5.41 Å². The Balaban J connectivity index is 2.48. The Morgan fingerprint density at radius 3 is 2.82 bits per heavy atom. The highest BCUT2D eigenvalue weighted by atomic mass is 15.2. The molecule has 0 fully saturated rings.